The number of carbonyl (C=O) groups is 2. The number of aliphatic hydroxyl groups is 2. The highest BCUT2D eigenvalue weighted by Gasteiger charge is 2.60. The minimum atomic E-state index is -1.83. The van der Waals surface area contributed by atoms with Crippen molar-refractivity contribution < 1.29 is 57.7 Å². The topological polar surface area (TPSA) is 148 Å². The standard InChI is InChI=1S/C45H64O12/c1-9-24(2)39-27(5)17-18-44(57-39)22-33-20-32(56-44)16-13-26(4)38(54-36-21-35(50-8)40(29(7)52-36)55-42(47)30-14-15-30)25(3)11-10-12-31-23-51-41-37(46)28(6)19-34(43(48)53-33)45(31,41)49/h10-13,17-19,24-25,27,29-30,32-41,46,49H,9,14-16,20-23H2,1-8H3/b11-10+,26-13+,31-12+/t24-,25-,27-,29?,32+,33-,34?,35?,36?,37+,38-,39+,40?,41+,44?,45+/m0/s1. The van der Waals surface area contributed by atoms with Gasteiger partial charge >= 0.3 is 11.9 Å². The molecule has 2 bridgehead atoms. The van der Waals surface area contributed by atoms with Gasteiger partial charge in [0.2, 0.25) is 0 Å². The maximum atomic E-state index is 14.3. The second-order valence-electron chi connectivity index (χ2n) is 17.8. The highest BCUT2D eigenvalue weighted by atomic mass is 16.7. The van der Waals surface area contributed by atoms with E-state index < -0.39 is 72.3 Å². The van der Waals surface area contributed by atoms with Crippen LogP contribution >= 0.6 is 0 Å². The number of rotatable bonds is 7. The Morgan fingerprint density at radius 3 is 2.54 bits per heavy atom. The zero-order valence-corrected chi connectivity index (χ0v) is 34.8. The van der Waals surface area contributed by atoms with E-state index in [1.165, 1.54) is 0 Å². The summed E-state index contributed by atoms with van der Waals surface area (Å²) in [6, 6.07) is 0. The van der Waals surface area contributed by atoms with Crippen molar-refractivity contribution in [2.24, 2.45) is 29.6 Å². The summed E-state index contributed by atoms with van der Waals surface area (Å²) in [4.78, 5) is 26.9. The molecule has 1 spiro atoms. The van der Waals surface area contributed by atoms with Crippen molar-refractivity contribution in [3.63, 3.8) is 0 Å². The Balaban J connectivity index is 1.22. The second-order valence-corrected chi connectivity index (χ2v) is 17.8. The Kier molecular flexibility index (Phi) is 12.8. The van der Waals surface area contributed by atoms with E-state index in [4.69, 9.17) is 37.9 Å². The molecule has 0 amide bonds. The Labute approximate surface area is 337 Å². The molecule has 1 saturated carbocycles. The molecule has 12 nitrogen and oxygen atoms in total. The number of hydrogen-bond donors (Lipinski definition) is 2. The number of fused-ring (bicyclic) bond motifs is 2. The summed E-state index contributed by atoms with van der Waals surface area (Å²) in [5.41, 5.74) is 0.149. The monoisotopic (exact) mass is 796 g/mol. The first-order chi connectivity index (χ1) is 27.2. The fraction of sp³-hybridized carbons (Fsp3) is 0.733. The fourth-order valence-corrected chi connectivity index (χ4v) is 9.58. The quantitative estimate of drug-likeness (QED) is 0.237. The maximum absolute atomic E-state index is 14.3. The molecule has 0 aromatic heterocycles. The van der Waals surface area contributed by atoms with E-state index in [0.29, 0.717) is 36.8 Å². The van der Waals surface area contributed by atoms with Gasteiger partial charge in [-0.1, -0.05) is 70.6 Å². The van der Waals surface area contributed by atoms with Gasteiger partial charge in [0.25, 0.3) is 0 Å². The normalized spacial score (nSPS) is 46.7. The Hall–Kier alpha value is -2.68. The van der Waals surface area contributed by atoms with Crippen LogP contribution in [0.5, 0.6) is 0 Å². The molecular weight excluding hydrogens is 732 g/mol. The molecule has 0 radical (unpaired) electrons. The Morgan fingerprint density at radius 2 is 1.82 bits per heavy atom. The van der Waals surface area contributed by atoms with Crippen molar-refractivity contribution >= 4 is 11.9 Å². The van der Waals surface area contributed by atoms with Gasteiger partial charge in [0.15, 0.2) is 18.2 Å². The lowest BCUT2D eigenvalue weighted by molar-refractivity contribution is -0.300. The van der Waals surface area contributed by atoms with Crippen LogP contribution in [-0.4, -0.2) is 108 Å². The lowest BCUT2D eigenvalue weighted by atomic mass is 9.71. The summed E-state index contributed by atoms with van der Waals surface area (Å²) < 4.78 is 51.0. The largest absolute Gasteiger partial charge is 0.462 e. The minimum Gasteiger partial charge on any atom is -0.462 e. The Bertz CT molecular complexity index is 1650. The third-order valence-corrected chi connectivity index (χ3v) is 13.4. The van der Waals surface area contributed by atoms with Crippen molar-refractivity contribution in [3.8, 4) is 0 Å². The van der Waals surface area contributed by atoms with Gasteiger partial charge in [0.1, 0.15) is 35.9 Å². The van der Waals surface area contributed by atoms with Crippen LogP contribution in [0.4, 0.5) is 0 Å². The van der Waals surface area contributed by atoms with Crippen molar-refractivity contribution in [2.75, 3.05) is 13.7 Å². The van der Waals surface area contributed by atoms with E-state index in [-0.39, 0.29) is 48.5 Å². The third kappa shape index (κ3) is 8.66. The molecule has 12 heteroatoms. The number of carbonyl (C=O) groups excluding carboxylic acids is 2. The molecule has 16 atom stereocenters. The number of methoxy groups -OCH3 is 1. The first-order valence-corrected chi connectivity index (χ1v) is 21.2. The summed E-state index contributed by atoms with van der Waals surface area (Å²) in [6.45, 7) is 14.2. The molecule has 7 rings (SSSR count). The molecule has 5 heterocycles. The molecule has 3 saturated heterocycles. The van der Waals surface area contributed by atoms with Crippen LogP contribution in [0.15, 0.2) is 59.3 Å². The van der Waals surface area contributed by atoms with Crippen LogP contribution in [0.25, 0.3) is 0 Å². The summed E-state index contributed by atoms with van der Waals surface area (Å²) in [5.74, 6) is -2.76. The van der Waals surface area contributed by atoms with E-state index in [2.05, 4.69) is 39.8 Å². The van der Waals surface area contributed by atoms with E-state index in [1.807, 2.05) is 32.1 Å². The summed E-state index contributed by atoms with van der Waals surface area (Å²) in [5, 5.41) is 23.6. The van der Waals surface area contributed by atoms with Gasteiger partial charge in [0, 0.05) is 38.2 Å². The first-order valence-electron chi connectivity index (χ1n) is 21.2. The summed E-state index contributed by atoms with van der Waals surface area (Å²) in [6.07, 6.45) is 12.1. The van der Waals surface area contributed by atoms with Gasteiger partial charge < -0.3 is 48.1 Å². The lowest BCUT2D eigenvalue weighted by Crippen LogP contribution is -2.58. The molecule has 5 aliphatic heterocycles. The molecule has 6 unspecified atom stereocenters. The highest BCUT2D eigenvalue weighted by molar-refractivity contribution is 5.78. The predicted octanol–water partition coefficient (Wildman–Crippen LogP) is 5.80. The van der Waals surface area contributed by atoms with Gasteiger partial charge in [0.05, 0.1) is 36.9 Å². The molecule has 316 valence electrons. The number of ether oxygens (including phenoxy) is 8. The van der Waals surface area contributed by atoms with Gasteiger partial charge in [-0.25, -0.2) is 0 Å². The molecule has 2 N–H and O–H groups in total. The molecule has 2 aliphatic carbocycles. The minimum absolute atomic E-state index is 0.0366. The van der Waals surface area contributed by atoms with Crippen LogP contribution in [0.3, 0.4) is 0 Å². The van der Waals surface area contributed by atoms with Crippen molar-refractivity contribution in [1.29, 1.82) is 0 Å². The second kappa shape index (κ2) is 17.1. The molecule has 0 aromatic carbocycles. The molecule has 4 fully saturated rings. The summed E-state index contributed by atoms with van der Waals surface area (Å²) in [7, 11) is 1.62. The smallest absolute Gasteiger partial charge is 0.316 e. The van der Waals surface area contributed by atoms with E-state index in [1.54, 1.807) is 26.2 Å². The highest BCUT2D eigenvalue weighted by Crippen LogP contribution is 2.47. The van der Waals surface area contributed by atoms with Crippen molar-refractivity contribution in [2.45, 2.75) is 166 Å². The Morgan fingerprint density at radius 1 is 1.05 bits per heavy atom. The average Bonchev–Trinajstić information content (AvgIpc) is 3.98. The van der Waals surface area contributed by atoms with E-state index in [0.717, 1.165) is 24.8 Å². The fourth-order valence-electron chi connectivity index (χ4n) is 9.58. The van der Waals surface area contributed by atoms with Crippen LogP contribution in [0.2, 0.25) is 0 Å². The number of hydrogen-bond acceptors (Lipinski definition) is 12. The van der Waals surface area contributed by atoms with E-state index in [9.17, 15) is 19.8 Å². The van der Waals surface area contributed by atoms with Gasteiger partial charge in [-0.05, 0) is 68.7 Å². The SMILES string of the molecule is CC[C@H](C)[C@H]1OC2(C=C[C@@H]1C)C[C@@H]1C[C@@H](C/C=C(\C)[C@@H](OC3CC(OC)C(OC(=O)C4CC4)C(C)O3)[C@@H](C)/C=C/C=C3\CO[C@@H]4[C@H](O)C(C)=CC(C(=O)O1)[C@]34O)O2. The summed E-state index contributed by atoms with van der Waals surface area (Å²) >= 11 is 0. The van der Waals surface area contributed by atoms with E-state index >= 15 is 0 Å². The predicted molar refractivity (Wildman–Crippen MR) is 209 cm³/mol. The van der Waals surface area contributed by atoms with Crippen LogP contribution in [-0.2, 0) is 47.5 Å². The first kappa shape index (κ1) is 42.4. The lowest BCUT2D eigenvalue weighted by Gasteiger charge is -2.48. The maximum Gasteiger partial charge on any atom is 0.316 e. The molecule has 57 heavy (non-hydrogen) atoms. The molecular formula is C45H64O12. The third-order valence-electron chi connectivity index (χ3n) is 13.4. The van der Waals surface area contributed by atoms with Crippen molar-refractivity contribution in [3.05, 3.63) is 59.3 Å². The zero-order chi connectivity index (χ0) is 40.8. The van der Waals surface area contributed by atoms with Crippen LogP contribution in [0.1, 0.15) is 93.4 Å². The number of aliphatic hydroxyl groups excluding tert-OH is 1. The average molecular weight is 797 g/mol. The zero-order valence-electron chi connectivity index (χ0n) is 34.8. The molecule has 7 aliphatic rings. The van der Waals surface area contributed by atoms with Gasteiger partial charge in [-0.2, -0.15) is 0 Å². The van der Waals surface area contributed by atoms with Crippen LogP contribution < -0.4 is 0 Å². The van der Waals surface area contributed by atoms with Gasteiger partial charge in [-0.3, -0.25) is 9.59 Å². The van der Waals surface area contributed by atoms with Gasteiger partial charge in [-0.15, -0.1) is 0 Å². The van der Waals surface area contributed by atoms with Crippen LogP contribution in [0, 0.1) is 29.6 Å². The molecule has 0 aromatic rings. The van der Waals surface area contributed by atoms with Crippen molar-refractivity contribution in [1.82, 2.24) is 0 Å². The number of allylic oxidation sites excluding steroid dienone is 2. The number of esters is 2.